The molecule has 9 amide bonds. The third-order valence-corrected chi connectivity index (χ3v) is 12.4. The van der Waals surface area contributed by atoms with Gasteiger partial charge >= 0.3 is 0 Å². The van der Waals surface area contributed by atoms with Crippen molar-refractivity contribution in [3.05, 3.63) is 29.8 Å². The van der Waals surface area contributed by atoms with Crippen LogP contribution in [0.2, 0.25) is 0 Å². The molecule has 1 heterocycles. The van der Waals surface area contributed by atoms with E-state index >= 15 is 0 Å². The van der Waals surface area contributed by atoms with Gasteiger partial charge in [-0.05, 0) is 107 Å². The molecule has 0 aliphatic carbocycles. The van der Waals surface area contributed by atoms with Crippen molar-refractivity contribution < 1.29 is 48.3 Å². The molecule has 22 N–H and O–H groups in total. The summed E-state index contributed by atoms with van der Waals surface area (Å²) in [6.45, 7) is 7.22. The maximum atomic E-state index is 14.4. The molecule has 0 bridgehead atoms. The van der Waals surface area contributed by atoms with Gasteiger partial charge in [0.2, 0.25) is 53.2 Å². The van der Waals surface area contributed by atoms with Gasteiger partial charge in [-0.3, -0.25) is 53.1 Å². The van der Waals surface area contributed by atoms with Gasteiger partial charge in [0.1, 0.15) is 54.1 Å². The topological polar surface area (TPSA) is 468 Å². The molecule has 426 valence electrons. The van der Waals surface area contributed by atoms with E-state index in [1.165, 1.54) is 36.1 Å². The largest absolute Gasteiger partial charge is 0.508 e. The number of unbranched alkanes of at least 4 members (excludes halogenated alkanes) is 1. The minimum Gasteiger partial charge on any atom is -0.508 e. The van der Waals surface area contributed by atoms with Gasteiger partial charge in [0, 0.05) is 39.5 Å². The lowest BCUT2D eigenvalue weighted by atomic mass is 10.0. The van der Waals surface area contributed by atoms with Crippen LogP contribution in [0.5, 0.6) is 5.75 Å². The lowest BCUT2D eigenvalue weighted by Crippen LogP contribution is -2.61. The van der Waals surface area contributed by atoms with Crippen LogP contribution in [0.15, 0.2) is 34.3 Å². The molecular weight excluding hydrogens is 987 g/mol. The number of carbonyl (C=O) groups excluding carboxylic acids is 9. The number of phenols is 1. The first-order valence-electron chi connectivity index (χ1n) is 26.0. The molecule has 1 aromatic rings. The Hall–Kier alpha value is -7.29. The average Bonchev–Trinajstić information content (AvgIpc) is 3.86. The van der Waals surface area contributed by atoms with Crippen LogP contribution in [-0.2, 0) is 49.6 Å². The molecule has 0 unspecified atom stereocenters. The van der Waals surface area contributed by atoms with E-state index in [1.807, 2.05) is 13.8 Å². The predicted molar refractivity (Wildman–Crippen MR) is 286 cm³/mol. The number of hydrogen-bond donors (Lipinski definition) is 15. The summed E-state index contributed by atoms with van der Waals surface area (Å²) in [4.78, 5) is 132. The quantitative estimate of drug-likeness (QED) is 0.0176. The minimum atomic E-state index is -1.38. The minimum absolute atomic E-state index is 0.0316. The van der Waals surface area contributed by atoms with Gasteiger partial charge in [-0.25, -0.2) is 0 Å². The third-order valence-electron chi connectivity index (χ3n) is 12.4. The smallest absolute Gasteiger partial charge is 0.245 e. The number of nitrogens with two attached hydrogens (primary N) is 7. The average molecular weight is 1070 g/mol. The molecule has 1 saturated heterocycles. The molecule has 27 nitrogen and oxygen atoms in total. The van der Waals surface area contributed by atoms with Gasteiger partial charge in [-0.1, -0.05) is 39.3 Å². The lowest BCUT2D eigenvalue weighted by Gasteiger charge is -2.31. The molecule has 27 heteroatoms. The zero-order valence-corrected chi connectivity index (χ0v) is 44.4. The molecule has 0 aromatic heterocycles. The summed E-state index contributed by atoms with van der Waals surface area (Å²) in [5, 5.41) is 28.6. The van der Waals surface area contributed by atoms with Crippen LogP contribution in [-0.4, -0.2) is 156 Å². The molecule has 0 radical (unpaired) electrons. The molecule has 1 aliphatic heterocycles. The van der Waals surface area contributed by atoms with E-state index in [-0.39, 0.29) is 101 Å². The van der Waals surface area contributed by atoms with Gasteiger partial charge in [-0.2, -0.15) is 0 Å². The predicted octanol–water partition coefficient (Wildman–Crippen LogP) is -3.74. The summed E-state index contributed by atoms with van der Waals surface area (Å²) < 4.78 is 0. The molecule has 1 aliphatic rings. The molecule has 2 rings (SSSR count). The van der Waals surface area contributed by atoms with E-state index in [9.17, 15) is 48.3 Å². The van der Waals surface area contributed by atoms with Gasteiger partial charge in [0.05, 0.1) is 0 Å². The monoisotopic (exact) mass is 1070 g/mol. The fourth-order valence-corrected chi connectivity index (χ4v) is 8.32. The number of primary amides is 1. The Balaban J connectivity index is 2.44. The number of aromatic hydroxyl groups is 1. The molecular formula is C49H85N17O10. The number of rotatable bonds is 35. The van der Waals surface area contributed by atoms with Crippen LogP contribution >= 0.6 is 0 Å². The highest BCUT2D eigenvalue weighted by Gasteiger charge is 2.40. The summed E-state index contributed by atoms with van der Waals surface area (Å²) in [5.74, 6) is -6.54. The molecule has 1 fully saturated rings. The number of nitrogens with one attached hydrogen (secondary N) is 7. The van der Waals surface area contributed by atoms with Crippen molar-refractivity contribution in [1.29, 1.82) is 0 Å². The highest BCUT2D eigenvalue weighted by molar-refractivity contribution is 5.98. The number of amides is 9. The number of hydrogen-bond acceptors (Lipinski definition) is 14. The summed E-state index contributed by atoms with van der Waals surface area (Å²) >= 11 is 0. The summed E-state index contributed by atoms with van der Waals surface area (Å²) in [6, 6.07) is -3.76. The second kappa shape index (κ2) is 34.3. The van der Waals surface area contributed by atoms with Crippen LogP contribution in [0.3, 0.4) is 0 Å². The van der Waals surface area contributed by atoms with E-state index in [4.69, 9.17) is 40.1 Å². The van der Waals surface area contributed by atoms with Gasteiger partial charge < -0.3 is 87.4 Å². The second-order valence-electron chi connectivity index (χ2n) is 19.3. The van der Waals surface area contributed by atoms with E-state index in [0.717, 1.165) is 0 Å². The van der Waals surface area contributed by atoms with Crippen molar-refractivity contribution in [3.8, 4) is 5.75 Å². The van der Waals surface area contributed by atoms with Crippen LogP contribution in [0.4, 0.5) is 0 Å². The van der Waals surface area contributed by atoms with Gasteiger partial charge in [-0.15, -0.1) is 0 Å². The van der Waals surface area contributed by atoms with Crippen LogP contribution in [0, 0.1) is 5.92 Å². The SMILES string of the molecule is CCC[C@H](NC(=O)[C@H](CCCN=C(N)N)NC(=O)[C@@H]1CCCN1C(=O)[C@H](CCCN=C(N)N)NC(=O)[C@H](CCCCN)NC(C)=O)C(=O)N[C@@H](Cc1ccc(O)cc1)C(=O)N[C@@H](CN)C(=O)N[C@@H](CCC(C)C)C(N)=O. The molecule has 8 atom stereocenters. The lowest BCUT2D eigenvalue weighted by molar-refractivity contribution is -0.142. The standard InChI is InChI=1S/C49H85N17O10/c1-5-11-33(41(70)64-37(26-30-17-19-31(68)20-18-30)44(73)65-38(27-51)45(74)60-32(40(52)69)21-16-28(2)3)61-43(72)35(13-8-23-57-48(53)54)62-46(75)39-15-10-25-66(39)47(76)36(14-9-24-58-49(55)56)63-42(71)34(59-29(4)67)12-6-7-22-50/h17-20,28,32-39,68H,5-16,21-27,50-51H2,1-4H3,(H2,52,69)(H,59,67)(H,60,74)(H,61,72)(H,62,75)(H,63,71)(H,64,70)(H,65,73)(H4,53,54,57)(H4,55,56,58)/t32-,33-,34-,35-,36-,37-,38-,39-/m0/s1. The van der Waals surface area contributed by atoms with Crippen LogP contribution in [0.1, 0.15) is 117 Å². The van der Waals surface area contributed by atoms with Crippen molar-refractivity contribution in [2.24, 2.45) is 56.0 Å². The Bertz CT molecular complexity index is 2140. The first kappa shape index (κ1) is 64.8. The Labute approximate surface area is 444 Å². The Morgan fingerprint density at radius 3 is 1.62 bits per heavy atom. The number of nitrogens with zero attached hydrogens (tertiary/aromatic N) is 3. The third kappa shape index (κ3) is 23.9. The normalized spacial score (nSPS) is 15.8. The van der Waals surface area contributed by atoms with E-state index < -0.39 is 108 Å². The van der Waals surface area contributed by atoms with Crippen molar-refractivity contribution in [2.75, 3.05) is 32.7 Å². The number of phenolic OH excluding ortho intramolecular Hbond substituents is 1. The maximum absolute atomic E-state index is 14.4. The zero-order valence-electron chi connectivity index (χ0n) is 44.4. The number of guanidine groups is 2. The summed E-state index contributed by atoms with van der Waals surface area (Å²) in [7, 11) is 0. The first-order valence-corrected chi connectivity index (χ1v) is 26.0. The van der Waals surface area contributed by atoms with Crippen LogP contribution in [0.25, 0.3) is 0 Å². The van der Waals surface area contributed by atoms with E-state index in [2.05, 4.69) is 47.2 Å². The fourth-order valence-electron chi connectivity index (χ4n) is 8.32. The number of likely N-dealkylation sites (tertiary alicyclic amines) is 1. The van der Waals surface area contributed by atoms with Crippen LogP contribution < -0.4 is 77.4 Å². The fraction of sp³-hybridized carbons (Fsp3) is 0.653. The van der Waals surface area contributed by atoms with E-state index in [1.54, 1.807) is 6.92 Å². The van der Waals surface area contributed by atoms with Crippen molar-refractivity contribution in [2.45, 2.75) is 166 Å². The Morgan fingerprint density at radius 1 is 0.605 bits per heavy atom. The van der Waals surface area contributed by atoms with Crippen molar-refractivity contribution in [3.63, 3.8) is 0 Å². The van der Waals surface area contributed by atoms with Crippen molar-refractivity contribution in [1.82, 2.24) is 42.1 Å². The number of carbonyl (C=O) groups is 9. The molecule has 0 spiro atoms. The van der Waals surface area contributed by atoms with Gasteiger partial charge in [0.15, 0.2) is 11.9 Å². The molecule has 1 aromatic carbocycles. The highest BCUT2D eigenvalue weighted by Crippen LogP contribution is 2.21. The van der Waals surface area contributed by atoms with E-state index in [0.29, 0.717) is 44.2 Å². The maximum Gasteiger partial charge on any atom is 0.245 e. The summed E-state index contributed by atoms with van der Waals surface area (Å²) in [5.41, 5.74) is 39.7. The number of aliphatic imine (C=N–C) groups is 2. The van der Waals surface area contributed by atoms with Crippen molar-refractivity contribution >= 4 is 65.1 Å². The zero-order chi connectivity index (χ0) is 56.9. The molecule has 0 saturated carbocycles. The van der Waals surface area contributed by atoms with Gasteiger partial charge in [0.25, 0.3) is 0 Å². The molecule has 76 heavy (non-hydrogen) atoms. The summed E-state index contributed by atoms with van der Waals surface area (Å²) in [6.07, 6.45) is 3.54. The number of benzene rings is 1. The first-order chi connectivity index (χ1) is 36.0. The highest BCUT2D eigenvalue weighted by atomic mass is 16.3. The Kier molecular flexibility index (Phi) is 29.3. The second-order valence-corrected chi connectivity index (χ2v) is 19.3. The Morgan fingerprint density at radius 2 is 1.09 bits per heavy atom.